The standard InChI is InChI=1S/C43H44B2O3/c1-7-41(22-17-34(4)44(36-18-23-42(46-5)24-19-36)37-20-25-43(47-6)26-21-37)48-28-27-35-13-10-16-40(31-35)45(38-14-8-11-32(2)29-38)39-15-9-12-33(3)30-39/h7-26,29-31H,1,27-28H2,2-6H3/b34-17+,41-22+. The van der Waals surface area contributed by atoms with E-state index in [9.17, 15) is 0 Å². The summed E-state index contributed by atoms with van der Waals surface area (Å²) < 4.78 is 17.1. The topological polar surface area (TPSA) is 27.7 Å². The summed E-state index contributed by atoms with van der Waals surface area (Å²) in [5.41, 5.74) is 11.2. The Bertz CT molecular complexity index is 1780. The number of aryl methyl sites for hydroxylation is 2. The van der Waals surface area contributed by atoms with Crippen LogP contribution in [0.15, 0.2) is 157 Å². The van der Waals surface area contributed by atoms with Gasteiger partial charge in [0.2, 0.25) is 13.4 Å². The Morgan fingerprint density at radius 3 is 1.60 bits per heavy atom. The molecule has 0 saturated heterocycles. The lowest BCUT2D eigenvalue weighted by molar-refractivity contribution is 0.228. The number of hydrogen-bond acceptors (Lipinski definition) is 3. The maximum atomic E-state index is 6.26. The van der Waals surface area contributed by atoms with Crippen LogP contribution in [0.3, 0.4) is 0 Å². The minimum absolute atomic E-state index is 0.0571. The van der Waals surface area contributed by atoms with Crippen LogP contribution < -0.4 is 36.8 Å². The first-order valence-electron chi connectivity index (χ1n) is 16.5. The predicted molar refractivity (Wildman–Crippen MR) is 206 cm³/mol. The Morgan fingerprint density at radius 2 is 1.12 bits per heavy atom. The SMILES string of the molecule is C=C/C(=C\C=C(/C)B(c1ccc(OC)cc1)c1ccc(OC)cc1)OCCc1cccc(B(c2cccc(C)c2)c2cccc(C)c2)c1. The van der Waals surface area contributed by atoms with Crippen LogP contribution >= 0.6 is 0 Å². The summed E-state index contributed by atoms with van der Waals surface area (Å²) in [6.07, 6.45) is 6.72. The van der Waals surface area contributed by atoms with Crippen molar-refractivity contribution in [1.29, 1.82) is 0 Å². The van der Waals surface area contributed by atoms with Crippen molar-refractivity contribution in [3.8, 4) is 11.5 Å². The van der Waals surface area contributed by atoms with E-state index in [2.05, 4.69) is 130 Å². The van der Waals surface area contributed by atoms with Gasteiger partial charge in [0.05, 0.1) is 20.8 Å². The third-order valence-electron chi connectivity index (χ3n) is 8.76. The molecule has 0 saturated carbocycles. The second-order valence-electron chi connectivity index (χ2n) is 12.3. The molecule has 0 aromatic heterocycles. The van der Waals surface area contributed by atoms with E-state index in [1.165, 1.54) is 49.5 Å². The molecule has 0 bridgehead atoms. The van der Waals surface area contributed by atoms with Crippen LogP contribution in [0.1, 0.15) is 23.6 Å². The molecule has 0 atom stereocenters. The van der Waals surface area contributed by atoms with Crippen molar-refractivity contribution in [3.63, 3.8) is 0 Å². The largest absolute Gasteiger partial charge is 0.497 e. The van der Waals surface area contributed by atoms with Crippen LogP contribution in [-0.2, 0) is 11.2 Å². The Hall–Kier alpha value is -5.15. The fraction of sp³-hybridized carbons (Fsp3) is 0.163. The van der Waals surface area contributed by atoms with Gasteiger partial charge < -0.3 is 14.2 Å². The zero-order valence-corrected chi connectivity index (χ0v) is 28.8. The van der Waals surface area contributed by atoms with Crippen LogP contribution in [0.5, 0.6) is 11.5 Å². The number of ether oxygens (including phenoxy) is 3. The minimum atomic E-state index is 0.0571. The zero-order chi connectivity index (χ0) is 33.9. The molecule has 0 aliphatic heterocycles. The van der Waals surface area contributed by atoms with Gasteiger partial charge in [-0.25, -0.2) is 0 Å². The molecule has 5 rings (SSSR count). The first-order valence-corrected chi connectivity index (χ1v) is 16.5. The fourth-order valence-corrected chi connectivity index (χ4v) is 6.29. The summed E-state index contributed by atoms with van der Waals surface area (Å²) >= 11 is 0. The average Bonchev–Trinajstić information content (AvgIpc) is 3.11. The quantitative estimate of drug-likeness (QED) is 0.0824. The van der Waals surface area contributed by atoms with E-state index < -0.39 is 0 Å². The van der Waals surface area contributed by atoms with Crippen LogP contribution in [0.25, 0.3) is 0 Å². The van der Waals surface area contributed by atoms with Crippen molar-refractivity contribution in [2.45, 2.75) is 27.2 Å². The minimum Gasteiger partial charge on any atom is -0.497 e. The van der Waals surface area contributed by atoms with E-state index in [4.69, 9.17) is 14.2 Å². The van der Waals surface area contributed by atoms with Gasteiger partial charge in [-0.1, -0.05) is 161 Å². The molecule has 0 aliphatic carbocycles. The van der Waals surface area contributed by atoms with Crippen molar-refractivity contribution in [1.82, 2.24) is 0 Å². The Labute approximate surface area is 287 Å². The number of hydrogen-bond donors (Lipinski definition) is 0. The molecule has 0 N–H and O–H groups in total. The summed E-state index contributed by atoms with van der Waals surface area (Å²) in [5.74, 6) is 2.41. The summed E-state index contributed by atoms with van der Waals surface area (Å²) in [6.45, 7) is 11.3. The average molecular weight is 630 g/mol. The smallest absolute Gasteiger partial charge is 0.241 e. The van der Waals surface area contributed by atoms with Crippen molar-refractivity contribution in [3.05, 3.63) is 174 Å². The molecule has 0 heterocycles. The van der Waals surface area contributed by atoms with Gasteiger partial charge in [-0.15, -0.1) is 0 Å². The van der Waals surface area contributed by atoms with Crippen LogP contribution in [0.2, 0.25) is 0 Å². The molecule has 0 amide bonds. The molecule has 0 unspecified atom stereocenters. The van der Waals surface area contributed by atoms with Crippen molar-refractivity contribution >= 4 is 40.7 Å². The Morgan fingerprint density at radius 1 is 0.625 bits per heavy atom. The van der Waals surface area contributed by atoms with Gasteiger partial charge in [0.15, 0.2) is 0 Å². The van der Waals surface area contributed by atoms with E-state index >= 15 is 0 Å². The first kappa shape index (κ1) is 34.2. The van der Waals surface area contributed by atoms with Gasteiger partial charge in [-0.2, -0.15) is 0 Å². The third-order valence-corrected chi connectivity index (χ3v) is 8.76. The lowest BCUT2D eigenvalue weighted by Gasteiger charge is -2.18. The van der Waals surface area contributed by atoms with E-state index in [1.807, 2.05) is 30.3 Å². The number of methoxy groups -OCH3 is 2. The summed E-state index contributed by atoms with van der Waals surface area (Å²) in [5, 5.41) is 0. The van der Waals surface area contributed by atoms with Gasteiger partial charge in [-0.3, -0.25) is 0 Å². The second kappa shape index (κ2) is 16.6. The monoisotopic (exact) mass is 630 g/mol. The van der Waals surface area contributed by atoms with Crippen molar-refractivity contribution in [2.24, 2.45) is 0 Å². The summed E-state index contributed by atoms with van der Waals surface area (Å²) in [4.78, 5) is 0. The normalized spacial score (nSPS) is 11.5. The fourth-order valence-electron chi connectivity index (χ4n) is 6.29. The van der Waals surface area contributed by atoms with Crippen molar-refractivity contribution < 1.29 is 14.2 Å². The van der Waals surface area contributed by atoms with E-state index in [-0.39, 0.29) is 13.4 Å². The molecule has 5 heteroatoms. The molecule has 0 fully saturated rings. The highest BCUT2D eigenvalue weighted by atomic mass is 16.5. The van der Waals surface area contributed by atoms with E-state index in [1.54, 1.807) is 20.3 Å². The second-order valence-corrected chi connectivity index (χ2v) is 12.3. The lowest BCUT2D eigenvalue weighted by atomic mass is 9.36. The molecular weight excluding hydrogens is 586 g/mol. The van der Waals surface area contributed by atoms with E-state index in [0.29, 0.717) is 6.61 Å². The Balaban J connectivity index is 1.33. The number of allylic oxidation sites excluding steroid dienone is 4. The van der Waals surface area contributed by atoms with Gasteiger partial charge >= 0.3 is 0 Å². The molecule has 48 heavy (non-hydrogen) atoms. The van der Waals surface area contributed by atoms with Crippen LogP contribution in [-0.4, -0.2) is 34.3 Å². The zero-order valence-electron chi connectivity index (χ0n) is 28.8. The third kappa shape index (κ3) is 8.80. The number of rotatable bonds is 14. The highest BCUT2D eigenvalue weighted by Crippen LogP contribution is 2.13. The van der Waals surface area contributed by atoms with Gasteiger partial charge in [-0.05, 0) is 55.8 Å². The molecule has 3 nitrogen and oxygen atoms in total. The maximum Gasteiger partial charge on any atom is 0.241 e. The maximum absolute atomic E-state index is 6.26. The molecule has 5 aromatic carbocycles. The first-order chi connectivity index (χ1) is 23.4. The lowest BCUT2D eigenvalue weighted by Crippen LogP contribution is -2.52. The molecular formula is C43H44B2O3. The van der Waals surface area contributed by atoms with Gasteiger partial charge in [0.25, 0.3) is 0 Å². The Kier molecular flexibility index (Phi) is 11.8. The highest BCUT2D eigenvalue weighted by Gasteiger charge is 2.23. The van der Waals surface area contributed by atoms with Crippen LogP contribution in [0, 0.1) is 13.8 Å². The molecule has 5 aromatic rings. The molecule has 0 radical (unpaired) electrons. The highest BCUT2D eigenvalue weighted by molar-refractivity contribution is 6.95. The molecule has 0 aliphatic rings. The van der Waals surface area contributed by atoms with Crippen molar-refractivity contribution in [2.75, 3.05) is 20.8 Å². The predicted octanol–water partition coefficient (Wildman–Crippen LogP) is 6.26. The van der Waals surface area contributed by atoms with Crippen LogP contribution in [0.4, 0.5) is 0 Å². The van der Waals surface area contributed by atoms with Gasteiger partial charge in [0.1, 0.15) is 17.3 Å². The number of benzene rings is 5. The van der Waals surface area contributed by atoms with E-state index in [0.717, 1.165) is 23.7 Å². The molecule has 0 spiro atoms. The molecule has 240 valence electrons. The summed E-state index contributed by atoms with van der Waals surface area (Å²) in [7, 11) is 3.38. The van der Waals surface area contributed by atoms with Gasteiger partial charge in [0, 0.05) is 6.42 Å². The summed E-state index contributed by atoms with van der Waals surface area (Å²) in [6, 6.07) is 43.1.